The van der Waals surface area contributed by atoms with Crippen LogP contribution in [0.4, 0.5) is 4.79 Å². The molecule has 0 aromatic heterocycles. The molecular formula is C19H35NO4. The number of carbonyl (C=O) groups excluding carboxylic acids is 2. The Hall–Kier alpha value is -1.26. The summed E-state index contributed by atoms with van der Waals surface area (Å²) in [5.74, 6) is 0.712. The van der Waals surface area contributed by atoms with Gasteiger partial charge in [0.1, 0.15) is 17.7 Å². The van der Waals surface area contributed by atoms with Crippen molar-refractivity contribution in [3.63, 3.8) is 0 Å². The molecule has 0 aromatic rings. The molecule has 0 aromatic carbocycles. The monoisotopic (exact) mass is 341 g/mol. The van der Waals surface area contributed by atoms with E-state index in [0.717, 1.165) is 32.1 Å². The smallest absolute Gasteiger partial charge is 0.408 e. The number of hydrogen-bond acceptors (Lipinski definition) is 4. The highest BCUT2D eigenvalue weighted by Crippen LogP contribution is 2.26. The average molecular weight is 341 g/mol. The summed E-state index contributed by atoms with van der Waals surface area (Å²) < 4.78 is 10.9. The van der Waals surface area contributed by atoms with Crippen LogP contribution in [0.15, 0.2) is 0 Å². The van der Waals surface area contributed by atoms with Crippen LogP contribution in [0.5, 0.6) is 0 Å². The van der Waals surface area contributed by atoms with Crippen molar-refractivity contribution in [2.24, 2.45) is 11.8 Å². The molecule has 1 amide bonds. The van der Waals surface area contributed by atoms with Gasteiger partial charge in [0.05, 0.1) is 0 Å². The number of nitrogens with one attached hydrogen (secondary N) is 1. The molecule has 1 aliphatic rings. The van der Waals surface area contributed by atoms with Gasteiger partial charge in [-0.2, -0.15) is 0 Å². The van der Waals surface area contributed by atoms with Crippen LogP contribution in [0.3, 0.4) is 0 Å². The zero-order valence-electron chi connectivity index (χ0n) is 16.2. The molecule has 0 spiro atoms. The van der Waals surface area contributed by atoms with Gasteiger partial charge >= 0.3 is 12.1 Å². The van der Waals surface area contributed by atoms with Crippen molar-refractivity contribution in [2.45, 2.75) is 97.8 Å². The van der Waals surface area contributed by atoms with Crippen LogP contribution in [0.1, 0.15) is 80.1 Å². The van der Waals surface area contributed by atoms with Crippen molar-refractivity contribution < 1.29 is 19.1 Å². The molecule has 0 radical (unpaired) electrons. The lowest BCUT2D eigenvalue weighted by Crippen LogP contribution is -2.45. The first kappa shape index (κ1) is 20.8. The number of carbonyl (C=O) groups is 2. The van der Waals surface area contributed by atoms with Crippen LogP contribution < -0.4 is 5.32 Å². The Labute approximate surface area is 146 Å². The van der Waals surface area contributed by atoms with E-state index in [0.29, 0.717) is 18.3 Å². The lowest BCUT2D eigenvalue weighted by Gasteiger charge is -2.26. The number of hydrogen-bond donors (Lipinski definition) is 1. The van der Waals surface area contributed by atoms with Gasteiger partial charge in [-0.05, 0) is 58.8 Å². The Bertz CT molecular complexity index is 414. The van der Waals surface area contributed by atoms with Gasteiger partial charge < -0.3 is 14.8 Å². The Morgan fingerprint density at radius 3 is 2.50 bits per heavy atom. The van der Waals surface area contributed by atoms with Crippen molar-refractivity contribution >= 4 is 12.1 Å². The van der Waals surface area contributed by atoms with E-state index in [4.69, 9.17) is 9.47 Å². The molecule has 3 atom stereocenters. The van der Waals surface area contributed by atoms with Crippen molar-refractivity contribution in [2.75, 3.05) is 0 Å². The van der Waals surface area contributed by atoms with Crippen molar-refractivity contribution in [1.29, 1.82) is 0 Å². The van der Waals surface area contributed by atoms with E-state index < -0.39 is 17.7 Å². The highest BCUT2D eigenvalue weighted by atomic mass is 16.6. The molecule has 5 nitrogen and oxygen atoms in total. The number of esters is 1. The minimum atomic E-state index is -0.619. The highest BCUT2D eigenvalue weighted by molar-refractivity contribution is 5.81. The minimum absolute atomic E-state index is 0.114. The molecule has 5 heteroatoms. The number of rotatable bonds is 4. The van der Waals surface area contributed by atoms with Crippen LogP contribution in [-0.2, 0) is 14.3 Å². The first-order valence-corrected chi connectivity index (χ1v) is 9.28. The Balaban J connectivity index is 2.63. The maximum absolute atomic E-state index is 12.4. The summed E-state index contributed by atoms with van der Waals surface area (Å²) in [7, 11) is 0. The van der Waals surface area contributed by atoms with Gasteiger partial charge in [-0.1, -0.05) is 33.1 Å². The van der Waals surface area contributed by atoms with E-state index >= 15 is 0 Å². The van der Waals surface area contributed by atoms with Crippen LogP contribution in [-0.4, -0.2) is 29.8 Å². The Kier molecular flexibility index (Phi) is 8.04. The predicted octanol–water partition coefficient (Wildman–Crippen LogP) is 4.44. The number of ether oxygens (including phenoxy) is 2. The van der Waals surface area contributed by atoms with Crippen LogP contribution in [0.2, 0.25) is 0 Å². The van der Waals surface area contributed by atoms with E-state index in [2.05, 4.69) is 19.2 Å². The van der Waals surface area contributed by atoms with Gasteiger partial charge in [-0.25, -0.2) is 9.59 Å². The largest absolute Gasteiger partial charge is 0.461 e. The average Bonchev–Trinajstić information content (AvgIpc) is 2.47. The number of cyclic esters (lactones) is 1. The van der Waals surface area contributed by atoms with E-state index in [-0.39, 0.29) is 12.1 Å². The fourth-order valence-electron chi connectivity index (χ4n) is 2.98. The summed E-state index contributed by atoms with van der Waals surface area (Å²) in [5.41, 5.74) is -0.582. The van der Waals surface area contributed by atoms with Crippen molar-refractivity contribution in [3.05, 3.63) is 0 Å². The summed E-state index contributed by atoms with van der Waals surface area (Å²) in [6.45, 7) is 11.8. The third-order valence-corrected chi connectivity index (χ3v) is 4.37. The Morgan fingerprint density at radius 2 is 1.92 bits per heavy atom. The van der Waals surface area contributed by atoms with Gasteiger partial charge in [0.2, 0.25) is 0 Å². The highest BCUT2D eigenvalue weighted by Gasteiger charge is 2.30. The number of alkyl carbamates (subject to hydrolysis) is 1. The first-order valence-electron chi connectivity index (χ1n) is 9.28. The summed E-state index contributed by atoms with van der Waals surface area (Å²) in [6, 6.07) is -0.619. The third-order valence-electron chi connectivity index (χ3n) is 4.37. The molecule has 1 aliphatic heterocycles. The molecule has 0 unspecified atom stereocenters. The van der Waals surface area contributed by atoms with Crippen LogP contribution in [0.25, 0.3) is 0 Å². The van der Waals surface area contributed by atoms with Gasteiger partial charge in [0.15, 0.2) is 0 Å². The van der Waals surface area contributed by atoms with Crippen molar-refractivity contribution in [1.82, 2.24) is 5.32 Å². The fraction of sp³-hybridized carbons (Fsp3) is 0.895. The maximum atomic E-state index is 12.4. The zero-order valence-corrected chi connectivity index (χ0v) is 16.2. The molecular weight excluding hydrogens is 306 g/mol. The molecule has 24 heavy (non-hydrogen) atoms. The minimum Gasteiger partial charge on any atom is -0.461 e. The normalized spacial score (nSPS) is 26.1. The zero-order chi connectivity index (χ0) is 18.3. The van der Waals surface area contributed by atoms with E-state index in [1.165, 1.54) is 0 Å². The van der Waals surface area contributed by atoms with Crippen LogP contribution in [0, 0.1) is 11.8 Å². The molecule has 0 bridgehead atoms. The molecule has 0 aliphatic carbocycles. The van der Waals surface area contributed by atoms with Gasteiger partial charge in [0.25, 0.3) is 0 Å². The van der Waals surface area contributed by atoms with E-state index in [9.17, 15) is 9.59 Å². The molecule has 1 fully saturated rings. The fourth-order valence-corrected chi connectivity index (χ4v) is 2.98. The quantitative estimate of drug-likeness (QED) is 0.768. The summed E-state index contributed by atoms with van der Waals surface area (Å²) >= 11 is 0. The van der Waals surface area contributed by atoms with Gasteiger partial charge in [-0.15, -0.1) is 0 Å². The van der Waals surface area contributed by atoms with E-state index in [1.807, 2.05) is 6.92 Å². The summed E-state index contributed by atoms with van der Waals surface area (Å²) in [4.78, 5) is 24.4. The summed E-state index contributed by atoms with van der Waals surface area (Å²) in [5, 5.41) is 2.67. The van der Waals surface area contributed by atoms with E-state index in [1.54, 1.807) is 20.8 Å². The standard InChI is InChI=1S/C19H35NO4/c1-13(2)11-12-15-9-7-8-10-16(17(21)23-14(15)3)20-18(22)24-19(4,5)6/h13-16H,7-12H2,1-6H3,(H,20,22)/t14-,15-,16-/m0/s1. The van der Waals surface area contributed by atoms with Crippen LogP contribution >= 0.6 is 0 Å². The SMILES string of the molecule is CC(C)CC[C@@H]1CCCC[C@H](NC(=O)OC(C)(C)C)C(=O)O[C@H]1C. The summed E-state index contributed by atoms with van der Waals surface area (Å²) in [6.07, 6.45) is 5.17. The van der Waals surface area contributed by atoms with Gasteiger partial charge in [-0.3, -0.25) is 0 Å². The lowest BCUT2D eigenvalue weighted by atomic mass is 9.89. The molecule has 1 heterocycles. The van der Waals surface area contributed by atoms with Crippen molar-refractivity contribution in [3.8, 4) is 0 Å². The second-order valence-corrected chi connectivity index (χ2v) is 8.36. The first-order chi connectivity index (χ1) is 11.1. The third kappa shape index (κ3) is 8.02. The predicted molar refractivity (Wildman–Crippen MR) is 94.7 cm³/mol. The number of amides is 1. The molecule has 0 saturated carbocycles. The molecule has 140 valence electrons. The van der Waals surface area contributed by atoms with Gasteiger partial charge in [0, 0.05) is 0 Å². The molecule has 1 rings (SSSR count). The molecule has 1 N–H and O–H groups in total. The lowest BCUT2D eigenvalue weighted by molar-refractivity contribution is -0.153. The molecule has 1 saturated heterocycles. The Morgan fingerprint density at radius 1 is 1.29 bits per heavy atom. The topological polar surface area (TPSA) is 64.6 Å². The second-order valence-electron chi connectivity index (χ2n) is 8.36. The maximum Gasteiger partial charge on any atom is 0.408 e. The second kappa shape index (κ2) is 9.28.